The first-order valence-electron chi connectivity index (χ1n) is 11.1. The number of carbonyl (C=O) groups is 2. The zero-order chi connectivity index (χ0) is 24.4. The number of anilines is 2. The summed E-state index contributed by atoms with van der Waals surface area (Å²) in [6.45, 7) is 7.15. The van der Waals surface area contributed by atoms with Gasteiger partial charge in [0.15, 0.2) is 0 Å². The normalized spacial score (nSPS) is 11.9. The summed E-state index contributed by atoms with van der Waals surface area (Å²) in [5.41, 5.74) is 3.30. The summed E-state index contributed by atoms with van der Waals surface area (Å²) in [6, 6.07) is 15.7. The molecule has 34 heavy (non-hydrogen) atoms. The maximum absolute atomic E-state index is 13.4. The van der Waals surface area contributed by atoms with Crippen LogP contribution in [-0.4, -0.2) is 26.2 Å². The number of aromatic nitrogens is 3. The molecule has 174 valence electrons. The summed E-state index contributed by atoms with van der Waals surface area (Å²) < 4.78 is 3.31. The van der Waals surface area contributed by atoms with E-state index in [1.54, 1.807) is 30.5 Å². The number of nitrogens with one attached hydrogen (secondary N) is 2. The summed E-state index contributed by atoms with van der Waals surface area (Å²) in [5, 5.41) is 11.3. The summed E-state index contributed by atoms with van der Waals surface area (Å²) in [7, 11) is 0. The number of hydrogen-bond donors (Lipinski definition) is 2. The second-order valence-electron chi connectivity index (χ2n) is 8.20. The molecule has 0 aliphatic carbocycles. The molecular formula is C26H27N5O3. The highest BCUT2D eigenvalue weighted by atomic mass is 16.2. The first-order chi connectivity index (χ1) is 16.3. The van der Waals surface area contributed by atoms with Crippen LogP contribution in [0.1, 0.15) is 37.7 Å². The molecule has 4 rings (SSSR count). The summed E-state index contributed by atoms with van der Waals surface area (Å²) >= 11 is 0. The number of nitrogens with zero attached hydrogens (tertiary/aromatic N) is 3. The van der Waals surface area contributed by atoms with E-state index in [9.17, 15) is 14.4 Å². The van der Waals surface area contributed by atoms with Gasteiger partial charge in [-0.15, -0.1) is 0 Å². The third kappa shape index (κ3) is 4.22. The fourth-order valence-corrected chi connectivity index (χ4v) is 4.35. The quantitative estimate of drug-likeness (QED) is 0.450. The maximum atomic E-state index is 13.4. The molecule has 1 atom stereocenters. The van der Waals surface area contributed by atoms with Gasteiger partial charge in [0.05, 0.1) is 17.3 Å². The van der Waals surface area contributed by atoms with Crippen LogP contribution in [0.15, 0.2) is 65.6 Å². The van der Waals surface area contributed by atoms with Gasteiger partial charge in [0, 0.05) is 35.1 Å². The molecule has 0 radical (unpaired) electrons. The second kappa shape index (κ2) is 9.35. The molecule has 8 nitrogen and oxygen atoms in total. The monoisotopic (exact) mass is 457 g/mol. The lowest BCUT2D eigenvalue weighted by Gasteiger charge is -2.21. The Hall–Kier alpha value is -4.20. The van der Waals surface area contributed by atoms with E-state index in [-0.39, 0.29) is 17.4 Å². The van der Waals surface area contributed by atoms with Crippen LogP contribution in [0.5, 0.6) is 0 Å². The molecule has 0 aliphatic rings. The smallest absolute Gasteiger partial charge is 0.281 e. The number of amides is 2. The lowest BCUT2D eigenvalue weighted by molar-refractivity contribution is -0.119. The molecule has 2 N–H and O–H groups in total. The SMILES string of the molecule is CCC(C(=O)Nc1ccc(NC(C)=O)cc1)n1c(C)c2cnn(-c3ccccc3)c(=O)c2c1C. The Morgan fingerprint density at radius 3 is 2.15 bits per heavy atom. The molecule has 2 heterocycles. The van der Waals surface area contributed by atoms with Gasteiger partial charge < -0.3 is 15.2 Å². The van der Waals surface area contributed by atoms with Crippen molar-refractivity contribution in [3.05, 3.63) is 82.5 Å². The van der Waals surface area contributed by atoms with Crippen molar-refractivity contribution in [2.75, 3.05) is 10.6 Å². The molecule has 0 spiro atoms. The van der Waals surface area contributed by atoms with E-state index in [2.05, 4.69) is 15.7 Å². The minimum Gasteiger partial charge on any atom is -0.335 e. The number of para-hydroxylation sites is 1. The molecular weight excluding hydrogens is 430 g/mol. The third-order valence-corrected chi connectivity index (χ3v) is 5.93. The molecule has 8 heteroatoms. The van der Waals surface area contributed by atoms with Crippen molar-refractivity contribution in [2.45, 2.75) is 40.2 Å². The summed E-state index contributed by atoms with van der Waals surface area (Å²) in [6.07, 6.45) is 2.23. The Balaban J connectivity index is 1.70. The first-order valence-corrected chi connectivity index (χ1v) is 11.1. The van der Waals surface area contributed by atoms with Gasteiger partial charge in [0.25, 0.3) is 5.56 Å². The fourth-order valence-electron chi connectivity index (χ4n) is 4.35. The highest BCUT2D eigenvalue weighted by Gasteiger charge is 2.26. The van der Waals surface area contributed by atoms with Crippen molar-refractivity contribution in [3.63, 3.8) is 0 Å². The van der Waals surface area contributed by atoms with Crippen LogP contribution in [0.4, 0.5) is 11.4 Å². The molecule has 2 aromatic heterocycles. The van der Waals surface area contributed by atoms with E-state index < -0.39 is 6.04 Å². The van der Waals surface area contributed by atoms with Crippen molar-refractivity contribution in [1.82, 2.24) is 14.3 Å². The molecule has 0 bridgehead atoms. The Labute approximate surface area is 197 Å². The fraction of sp³-hybridized carbons (Fsp3) is 0.231. The number of aryl methyl sites for hydroxylation is 2. The van der Waals surface area contributed by atoms with Gasteiger partial charge in [-0.25, -0.2) is 0 Å². The Morgan fingerprint density at radius 2 is 1.56 bits per heavy atom. The minimum atomic E-state index is -0.507. The lowest BCUT2D eigenvalue weighted by atomic mass is 10.1. The van der Waals surface area contributed by atoms with Crippen molar-refractivity contribution < 1.29 is 9.59 Å². The highest BCUT2D eigenvalue weighted by Crippen LogP contribution is 2.28. The van der Waals surface area contributed by atoms with Crippen molar-refractivity contribution in [3.8, 4) is 5.69 Å². The average Bonchev–Trinajstić information content (AvgIpc) is 3.07. The van der Waals surface area contributed by atoms with Gasteiger partial charge in [-0.05, 0) is 56.7 Å². The van der Waals surface area contributed by atoms with Gasteiger partial charge in [-0.2, -0.15) is 9.78 Å². The van der Waals surface area contributed by atoms with E-state index in [4.69, 9.17) is 0 Å². The van der Waals surface area contributed by atoms with Gasteiger partial charge in [-0.1, -0.05) is 25.1 Å². The third-order valence-electron chi connectivity index (χ3n) is 5.93. The molecule has 0 saturated heterocycles. The van der Waals surface area contributed by atoms with Crippen LogP contribution >= 0.6 is 0 Å². The van der Waals surface area contributed by atoms with Crippen LogP contribution in [0, 0.1) is 13.8 Å². The second-order valence-corrected chi connectivity index (χ2v) is 8.20. The Morgan fingerprint density at radius 1 is 0.941 bits per heavy atom. The summed E-state index contributed by atoms with van der Waals surface area (Å²) in [5.74, 6) is -0.341. The predicted octanol–water partition coefficient (Wildman–Crippen LogP) is 4.35. The lowest BCUT2D eigenvalue weighted by Crippen LogP contribution is -2.27. The molecule has 0 saturated carbocycles. The zero-order valence-corrected chi connectivity index (χ0v) is 19.6. The van der Waals surface area contributed by atoms with Crippen LogP contribution in [0.25, 0.3) is 16.5 Å². The van der Waals surface area contributed by atoms with Crippen LogP contribution < -0.4 is 16.2 Å². The van der Waals surface area contributed by atoms with Gasteiger partial charge in [0.2, 0.25) is 11.8 Å². The van der Waals surface area contributed by atoms with Crippen molar-refractivity contribution >= 4 is 34.0 Å². The summed E-state index contributed by atoms with van der Waals surface area (Å²) in [4.78, 5) is 37.8. The van der Waals surface area contributed by atoms with Crippen molar-refractivity contribution in [2.24, 2.45) is 0 Å². The van der Waals surface area contributed by atoms with E-state index >= 15 is 0 Å². The highest BCUT2D eigenvalue weighted by molar-refractivity contribution is 5.96. The predicted molar refractivity (Wildman–Crippen MR) is 134 cm³/mol. The van der Waals surface area contributed by atoms with Crippen LogP contribution in [0.2, 0.25) is 0 Å². The van der Waals surface area contributed by atoms with E-state index in [1.807, 2.05) is 55.7 Å². The Kier molecular flexibility index (Phi) is 6.32. The van der Waals surface area contributed by atoms with Gasteiger partial charge in [-0.3, -0.25) is 14.4 Å². The number of hydrogen-bond acceptors (Lipinski definition) is 4. The molecule has 2 aromatic carbocycles. The van der Waals surface area contributed by atoms with E-state index in [1.165, 1.54) is 11.6 Å². The molecule has 0 aliphatic heterocycles. The van der Waals surface area contributed by atoms with Gasteiger partial charge in [0.1, 0.15) is 6.04 Å². The number of rotatable bonds is 6. The van der Waals surface area contributed by atoms with Crippen LogP contribution in [0.3, 0.4) is 0 Å². The topological polar surface area (TPSA) is 98.0 Å². The molecule has 0 fully saturated rings. The van der Waals surface area contributed by atoms with Crippen LogP contribution in [-0.2, 0) is 9.59 Å². The first kappa shape index (κ1) is 23.0. The largest absolute Gasteiger partial charge is 0.335 e. The number of carbonyl (C=O) groups excluding carboxylic acids is 2. The Bertz CT molecular complexity index is 1420. The maximum Gasteiger partial charge on any atom is 0.281 e. The number of fused-ring (bicyclic) bond motifs is 1. The number of benzene rings is 2. The molecule has 2 amide bonds. The standard InChI is InChI=1S/C26H27N5O3/c1-5-23(25(33)29-20-13-11-19(12-14-20)28-18(4)32)30-16(2)22-15-27-31(21-9-7-6-8-10-21)26(34)24(22)17(30)3/h6-15,23H,5H2,1-4H3,(H,28,32)(H,29,33). The van der Waals surface area contributed by atoms with E-state index in [0.717, 1.165) is 16.8 Å². The minimum absolute atomic E-state index is 0.158. The van der Waals surface area contributed by atoms with Crippen molar-refractivity contribution in [1.29, 1.82) is 0 Å². The zero-order valence-electron chi connectivity index (χ0n) is 19.6. The average molecular weight is 458 g/mol. The van der Waals surface area contributed by atoms with Gasteiger partial charge >= 0.3 is 0 Å². The molecule has 4 aromatic rings. The van der Waals surface area contributed by atoms with E-state index in [0.29, 0.717) is 28.9 Å². The molecule has 1 unspecified atom stereocenters.